The highest BCUT2D eigenvalue weighted by Gasteiger charge is 2.14. The highest BCUT2D eigenvalue weighted by Crippen LogP contribution is 2.27. The number of carbonyl (C=O) groups is 1. The Bertz CT molecular complexity index is 467. The number of anilines is 1. The maximum Gasteiger partial charge on any atom is 0.240 e. The van der Waals surface area contributed by atoms with Gasteiger partial charge in [0.05, 0.1) is 12.2 Å². The van der Waals surface area contributed by atoms with E-state index < -0.39 is 0 Å². The normalized spacial score (nSPS) is 17.0. The van der Waals surface area contributed by atoms with Crippen LogP contribution in [0.25, 0.3) is 0 Å². The van der Waals surface area contributed by atoms with Gasteiger partial charge in [0.2, 0.25) is 5.91 Å². The van der Waals surface area contributed by atoms with Crippen LogP contribution in [0.2, 0.25) is 0 Å². The molecule has 2 rings (SSSR count). The lowest BCUT2D eigenvalue weighted by Gasteiger charge is -2.16. The van der Waals surface area contributed by atoms with Crippen molar-refractivity contribution in [2.75, 3.05) is 25.0 Å². The van der Waals surface area contributed by atoms with E-state index >= 15 is 0 Å². The second-order valence-electron chi connectivity index (χ2n) is 6.73. The maximum absolute atomic E-state index is 12.2. The quantitative estimate of drug-likeness (QED) is 0.840. The topological polar surface area (TPSA) is 45.2 Å². The van der Waals surface area contributed by atoms with Gasteiger partial charge in [-0.2, -0.15) is 0 Å². The summed E-state index contributed by atoms with van der Waals surface area (Å²) < 4.78 is 0. The monoisotopic (exact) mass is 351 g/mol. The van der Waals surface area contributed by atoms with Crippen molar-refractivity contribution in [3.8, 4) is 0 Å². The van der Waals surface area contributed by atoms with Gasteiger partial charge in [0.25, 0.3) is 0 Å². The molecule has 0 saturated carbocycles. The first kappa shape index (κ1) is 19.4. The second kappa shape index (κ2) is 10.8. The largest absolute Gasteiger partial charge is 0.301 e. The molecule has 0 aromatic carbocycles. The summed E-state index contributed by atoms with van der Waals surface area (Å²) in [5.74, 6) is 0.0588. The van der Waals surface area contributed by atoms with E-state index in [4.69, 9.17) is 4.98 Å². The summed E-state index contributed by atoms with van der Waals surface area (Å²) in [6.45, 7) is 6.43. The first-order valence-electron chi connectivity index (χ1n) is 9.73. The lowest BCUT2D eigenvalue weighted by molar-refractivity contribution is -0.117. The van der Waals surface area contributed by atoms with E-state index in [0.29, 0.717) is 6.54 Å². The van der Waals surface area contributed by atoms with Gasteiger partial charge in [-0.3, -0.25) is 9.69 Å². The lowest BCUT2D eigenvalue weighted by Crippen LogP contribution is -2.32. The van der Waals surface area contributed by atoms with Gasteiger partial charge < -0.3 is 5.32 Å². The molecule has 0 bridgehead atoms. The third kappa shape index (κ3) is 6.52. The Kier molecular flexibility index (Phi) is 8.75. The SMILES string of the molecule is CCN(CC)CC(=O)Nc1nc2c(s1)CCCCCCCCCC2. The number of fused-ring (bicyclic) bond motifs is 1. The van der Waals surface area contributed by atoms with Crippen molar-refractivity contribution in [2.45, 2.75) is 78.1 Å². The van der Waals surface area contributed by atoms with Gasteiger partial charge in [0.15, 0.2) is 5.13 Å². The molecule has 0 fully saturated rings. The number of aryl methyl sites for hydroxylation is 2. The highest BCUT2D eigenvalue weighted by molar-refractivity contribution is 7.15. The molecule has 0 aliphatic heterocycles. The Morgan fingerprint density at radius 2 is 1.58 bits per heavy atom. The fourth-order valence-corrected chi connectivity index (χ4v) is 4.34. The summed E-state index contributed by atoms with van der Waals surface area (Å²) in [7, 11) is 0. The summed E-state index contributed by atoms with van der Waals surface area (Å²) in [6.07, 6.45) is 12.8. The summed E-state index contributed by atoms with van der Waals surface area (Å²) in [4.78, 5) is 20.5. The average molecular weight is 352 g/mol. The number of rotatable bonds is 5. The van der Waals surface area contributed by atoms with Gasteiger partial charge in [-0.25, -0.2) is 4.98 Å². The fourth-order valence-electron chi connectivity index (χ4n) is 3.28. The van der Waals surface area contributed by atoms with Crippen molar-refractivity contribution in [1.29, 1.82) is 0 Å². The predicted octanol–water partition coefficient (Wildman–Crippen LogP) is 4.64. The minimum atomic E-state index is 0.0588. The number of carbonyl (C=O) groups excluding carboxylic acids is 1. The minimum Gasteiger partial charge on any atom is -0.301 e. The van der Waals surface area contributed by atoms with Crippen molar-refractivity contribution in [3.05, 3.63) is 10.6 Å². The van der Waals surface area contributed by atoms with Crippen LogP contribution in [-0.2, 0) is 17.6 Å². The van der Waals surface area contributed by atoms with E-state index in [2.05, 4.69) is 24.1 Å². The van der Waals surface area contributed by atoms with Crippen molar-refractivity contribution >= 4 is 22.4 Å². The number of nitrogens with one attached hydrogen (secondary N) is 1. The molecule has 1 aromatic heterocycles. The van der Waals surface area contributed by atoms with Crippen LogP contribution in [0.1, 0.15) is 75.8 Å². The number of amides is 1. The fraction of sp³-hybridized carbons (Fsp3) is 0.789. The van der Waals surface area contributed by atoms with E-state index in [1.54, 1.807) is 11.3 Å². The van der Waals surface area contributed by atoms with Crippen LogP contribution < -0.4 is 5.32 Å². The third-order valence-electron chi connectivity index (χ3n) is 4.85. The number of nitrogens with zero attached hydrogens (tertiary/aromatic N) is 2. The summed E-state index contributed by atoms with van der Waals surface area (Å²) >= 11 is 1.70. The van der Waals surface area contributed by atoms with Crippen molar-refractivity contribution in [1.82, 2.24) is 9.88 Å². The number of thiazole rings is 1. The lowest BCUT2D eigenvalue weighted by atomic mass is 10.0. The van der Waals surface area contributed by atoms with Crippen molar-refractivity contribution in [2.24, 2.45) is 0 Å². The second-order valence-corrected chi connectivity index (χ2v) is 7.81. The Morgan fingerprint density at radius 3 is 2.21 bits per heavy atom. The van der Waals surface area contributed by atoms with E-state index in [0.717, 1.165) is 31.1 Å². The molecule has 1 amide bonds. The number of likely N-dealkylation sites (N-methyl/N-ethyl adjacent to an activating group) is 1. The minimum absolute atomic E-state index is 0.0588. The van der Waals surface area contributed by atoms with Gasteiger partial charge in [-0.1, -0.05) is 52.4 Å². The molecule has 1 aliphatic rings. The first-order valence-corrected chi connectivity index (χ1v) is 10.5. The molecule has 1 aromatic rings. The van der Waals surface area contributed by atoms with Crippen LogP contribution in [0.5, 0.6) is 0 Å². The molecule has 1 N–H and O–H groups in total. The van der Waals surface area contributed by atoms with E-state index in [-0.39, 0.29) is 5.91 Å². The Balaban J connectivity index is 1.96. The highest BCUT2D eigenvalue weighted by atomic mass is 32.1. The molecule has 1 heterocycles. The van der Waals surface area contributed by atoms with Crippen LogP contribution in [0.15, 0.2) is 0 Å². The molecule has 0 atom stereocenters. The van der Waals surface area contributed by atoms with Crippen LogP contribution >= 0.6 is 11.3 Å². The van der Waals surface area contributed by atoms with Crippen LogP contribution in [0.3, 0.4) is 0 Å². The summed E-state index contributed by atoms with van der Waals surface area (Å²) in [5.41, 5.74) is 1.23. The predicted molar refractivity (Wildman–Crippen MR) is 103 cm³/mol. The summed E-state index contributed by atoms with van der Waals surface area (Å²) in [5, 5.41) is 3.82. The molecule has 136 valence electrons. The number of aromatic nitrogens is 1. The van der Waals surface area contributed by atoms with Crippen molar-refractivity contribution < 1.29 is 4.79 Å². The van der Waals surface area contributed by atoms with Crippen LogP contribution in [-0.4, -0.2) is 35.4 Å². The van der Waals surface area contributed by atoms with Crippen LogP contribution in [0, 0.1) is 0 Å². The zero-order valence-electron chi connectivity index (χ0n) is 15.4. The Labute approximate surface area is 151 Å². The van der Waals surface area contributed by atoms with Gasteiger partial charge in [0, 0.05) is 4.88 Å². The van der Waals surface area contributed by atoms with E-state index in [1.807, 2.05) is 0 Å². The third-order valence-corrected chi connectivity index (χ3v) is 5.93. The molecule has 0 saturated heterocycles. The molecule has 0 unspecified atom stereocenters. The average Bonchev–Trinajstić information content (AvgIpc) is 2.94. The first-order chi connectivity index (χ1) is 11.7. The molecular formula is C19H33N3OS. The molecular weight excluding hydrogens is 318 g/mol. The molecule has 4 nitrogen and oxygen atoms in total. The standard InChI is InChI=1S/C19H33N3OS/c1-3-22(4-2)15-18(23)21-19-20-16-13-11-9-7-5-6-8-10-12-14-17(16)24-19/h3-15H2,1-2H3,(H,20,21,23). The van der Waals surface area contributed by atoms with Gasteiger partial charge in [0.1, 0.15) is 0 Å². The maximum atomic E-state index is 12.2. The van der Waals surface area contributed by atoms with Gasteiger partial charge in [-0.05, 0) is 38.8 Å². The van der Waals surface area contributed by atoms with Gasteiger partial charge >= 0.3 is 0 Å². The Hall–Kier alpha value is -0.940. The Morgan fingerprint density at radius 1 is 1.00 bits per heavy atom. The van der Waals surface area contributed by atoms with Crippen molar-refractivity contribution in [3.63, 3.8) is 0 Å². The molecule has 5 heteroatoms. The molecule has 1 aliphatic carbocycles. The van der Waals surface area contributed by atoms with Gasteiger partial charge in [-0.15, -0.1) is 11.3 Å². The smallest absolute Gasteiger partial charge is 0.240 e. The number of hydrogen-bond donors (Lipinski definition) is 1. The summed E-state index contributed by atoms with van der Waals surface area (Å²) in [6, 6.07) is 0. The molecule has 0 radical (unpaired) electrons. The van der Waals surface area contributed by atoms with E-state index in [9.17, 15) is 4.79 Å². The van der Waals surface area contributed by atoms with Crippen LogP contribution in [0.4, 0.5) is 5.13 Å². The van der Waals surface area contributed by atoms with E-state index in [1.165, 1.54) is 61.9 Å². The molecule has 0 spiro atoms. The zero-order chi connectivity index (χ0) is 17.2. The number of hydrogen-bond acceptors (Lipinski definition) is 4. The molecule has 24 heavy (non-hydrogen) atoms. The zero-order valence-corrected chi connectivity index (χ0v) is 16.2.